The number of hydrogen-bond acceptors (Lipinski definition) is 5. The SMILES string of the molecule is O=C(NCCCN1CCOC(c2ccccc2)C1)c1cc2ccccc2oc1=O. The maximum Gasteiger partial charge on any atom is 0.349 e. The average Bonchev–Trinajstić information content (AvgIpc) is 2.77. The molecule has 1 saturated heterocycles. The van der Waals surface area contributed by atoms with E-state index in [9.17, 15) is 9.59 Å². The molecule has 2 heterocycles. The highest BCUT2D eigenvalue weighted by atomic mass is 16.5. The van der Waals surface area contributed by atoms with Crippen LogP contribution in [0.25, 0.3) is 11.0 Å². The number of fused-ring (bicyclic) bond motifs is 1. The molecular weight excluding hydrogens is 368 g/mol. The summed E-state index contributed by atoms with van der Waals surface area (Å²) in [7, 11) is 0. The molecule has 29 heavy (non-hydrogen) atoms. The van der Waals surface area contributed by atoms with Gasteiger partial charge in [-0.25, -0.2) is 4.79 Å². The Hall–Kier alpha value is -2.96. The average molecular weight is 392 g/mol. The van der Waals surface area contributed by atoms with Crippen LogP contribution in [0.2, 0.25) is 0 Å². The third-order valence-corrected chi connectivity index (χ3v) is 5.14. The molecule has 2 aromatic carbocycles. The highest BCUT2D eigenvalue weighted by Gasteiger charge is 2.21. The summed E-state index contributed by atoms with van der Waals surface area (Å²) in [6.07, 6.45) is 0.883. The Morgan fingerprint density at radius 1 is 1.10 bits per heavy atom. The van der Waals surface area contributed by atoms with Crippen LogP contribution in [0.3, 0.4) is 0 Å². The second-order valence-corrected chi connectivity index (χ2v) is 7.17. The van der Waals surface area contributed by atoms with Gasteiger partial charge in [0.25, 0.3) is 5.91 Å². The van der Waals surface area contributed by atoms with E-state index in [1.54, 1.807) is 18.2 Å². The van der Waals surface area contributed by atoms with Crippen LogP contribution in [-0.2, 0) is 4.74 Å². The normalized spacial score (nSPS) is 17.3. The Kier molecular flexibility index (Phi) is 6.03. The summed E-state index contributed by atoms with van der Waals surface area (Å²) < 4.78 is 11.1. The second-order valence-electron chi connectivity index (χ2n) is 7.17. The molecule has 1 N–H and O–H groups in total. The number of carbonyl (C=O) groups excluding carboxylic acids is 1. The van der Waals surface area contributed by atoms with Crippen molar-refractivity contribution in [2.75, 3.05) is 32.8 Å². The van der Waals surface area contributed by atoms with Gasteiger partial charge in [-0.15, -0.1) is 0 Å². The van der Waals surface area contributed by atoms with Gasteiger partial charge in [0, 0.05) is 31.6 Å². The van der Waals surface area contributed by atoms with Crippen molar-refractivity contribution in [3.8, 4) is 0 Å². The molecule has 1 aromatic heterocycles. The third-order valence-electron chi connectivity index (χ3n) is 5.14. The third kappa shape index (κ3) is 4.72. The summed E-state index contributed by atoms with van der Waals surface area (Å²) >= 11 is 0. The number of amides is 1. The van der Waals surface area contributed by atoms with Gasteiger partial charge in [-0.05, 0) is 24.1 Å². The van der Waals surface area contributed by atoms with Crippen molar-refractivity contribution in [3.05, 3.63) is 82.2 Å². The lowest BCUT2D eigenvalue weighted by atomic mass is 10.1. The zero-order valence-corrected chi connectivity index (χ0v) is 16.2. The van der Waals surface area contributed by atoms with E-state index in [1.807, 2.05) is 30.3 Å². The number of nitrogens with zero attached hydrogens (tertiary/aromatic N) is 1. The summed E-state index contributed by atoms with van der Waals surface area (Å²) in [5, 5.41) is 3.56. The first kappa shape index (κ1) is 19.4. The molecule has 0 radical (unpaired) electrons. The molecule has 4 rings (SSSR count). The molecule has 0 bridgehead atoms. The molecule has 0 spiro atoms. The molecule has 1 aliphatic heterocycles. The summed E-state index contributed by atoms with van der Waals surface area (Å²) in [5.41, 5.74) is 1.10. The van der Waals surface area contributed by atoms with Gasteiger partial charge in [0.1, 0.15) is 11.1 Å². The van der Waals surface area contributed by atoms with Gasteiger partial charge >= 0.3 is 5.63 Å². The smallest absolute Gasteiger partial charge is 0.349 e. The lowest BCUT2D eigenvalue weighted by Gasteiger charge is -2.33. The van der Waals surface area contributed by atoms with E-state index >= 15 is 0 Å². The molecule has 1 fully saturated rings. The van der Waals surface area contributed by atoms with Crippen molar-refractivity contribution in [1.29, 1.82) is 0 Å². The highest BCUT2D eigenvalue weighted by Crippen LogP contribution is 2.21. The molecule has 0 saturated carbocycles. The Morgan fingerprint density at radius 3 is 2.76 bits per heavy atom. The van der Waals surface area contributed by atoms with E-state index in [0.717, 1.165) is 31.4 Å². The first-order chi connectivity index (χ1) is 14.2. The number of ether oxygens (including phenoxy) is 1. The standard InChI is InChI=1S/C23H24N2O4/c26-22(19-15-18-9-4-5-10-20(18)29-23(19)27)24-11-6-12-25-13-14-28-21(16-25)17-7-2-1-3-8-17/h1-5,7-10,15,21H,6,11-14,16H2,(H,24,26). The predicted octanol–water partition coefficient (Wildman–Crippen LogP) is 2.99. The van der Waals surface area contributed by atoms with Crippen molar-refractivity contribution in [2.45, 2.75) is 12.5 Å². The molecule has 6 nitrogen and oxygen atoms in total. The van der Waals surface area contributed by atoms with Crippen molar-refractivity contribution >= 4 is 16.9 Å². The fourth-order valence-corrected chi connectivity index (χ4v) is 3.60. The minimum atomic E-state index is -0.611. The van der Waals surface area contributed by atoms with E-state index < -0.39 is 11.5 Å². The van der Waals surface area contributed by atoms with E-state index in [1.165, 1.54) is 5.56 Å². The highest BCUT2D eigenvalue weighted by molar-refractivity contribution is 5.96. The zero-order chi connectivity index (χ0) is 20.1. The van der Waals surface area contributed by atoms with Crippen molar-refractivity contribution in [3.63, 3.8) is 0 Å². The Balaban J connectivity index is 1.28. The summed E-state index contributed by atoms with van der Waals surface area (Å²) in [5.74, 6) is -0.395. The van der Waals surface area contributed by atoms with Gasteiger partial charge < -0.3 is 14.5 Å². The van der Waals surface area contributed by atoms with Crippen LogP contribution in [0, 0.1) is 0 Å². The molecule has 3 aromatic rings. The Labute approximate surface area is 169 Å². The Morgan fingerprint density at radius 2 is 1.90 bits per heavy atom. The lowest BCUT2D eigenvalue weighted by Crippen LogP contribution is -2.40. The number of para-hydroxylation sites is 1. The Bertz CT molecular complexity index is 1030. The minimum absolute atomic E-state index is 0.0409. The fraction of sp³-hybridized carbons (Fsp3) is 0.304. The first-order valence-corrected chi connectivity index (χ1v) is 9.91. The second kappa shape index (κ2) is 9.03. The van der Waals surface area contributed by atoms with Crippen LogP contribution >= 0.6 is 0 Å². The maximum atomic E-state index is 12.4. The van der Waals surface area contributed by atoms with Gasteiger partial charge in [0.2, 0.25) is 0 Å². The molecule has 150 valence electrons. The molecule has 1 aliphatic rings. The summed E-state index contributed by atoms with van der Waals surface area (Å²) in [4.78, 5) is 26.8. The number of hydrogen-bond donors (Lipinski definition) is 1. The van der Waals surface area contributed by atoms with E-state index in [-0.39, 0.29) is 11.7 Å². The van der Waals surface area contributed by atoms with E-state index in [2.05, 4.69) is 22.3 Å². The topological polar surface area (TPSA) is 71.8 Å². The van der Waals surface area contributed by atoms with Crippen LogP contribution in [0.15, 0.2) is 69.9 Å². The molecular formula is C23H24N2O4. The van der Waals surface area contributed by atoms with E-state index in [4.69, 9.17) is 9.15 Å². The zero-order valence-electron chi connectivity index (χ0n) is 16.2. The van der Waals surface area contributed by atoms with Crippen LogP contribution in [0.5, 0.6) is 0 Å². The summed E-state index contributed by atoms with van der Waals surface area (Å²) in [6, 6.07) is 19.0. The predicted molar refractivity (Wildman–Crippen MR) is 111 cm³/mol. The van der Waals surface area contributed by atoms with Crippen LogP contribution in [0.1, 0.15) is 28.4 Å². The number of rotatable bonds is 6. The van der Waals surface area contributed by atoms with Crippen molar-refractivity contribution < 1.29 is 13.9 Å². The van der Waals surface area contributed by atoms with Gasteiger partial charge in [-0.2, -0.15) is 0 Å². The fourth-order valence-electron chi connectivity index (χ4n) is 3.60. The molecule has 1 atom stereocenters. The molecule has 6 heteroatoms. The number of morpholine rings is 1. The monoisotopic (exact) mass is 392 g/mol. The van der Waals surface area contributed by atoms with Gasteiger partial charge in [0.15, 0.2) is 0 Å². The van der Waals surface area contributed by atoms with Crippen LogP contribution in [0.4, 0.5) is 0 Å². The maximum absolute atomic E-state index is 12.4. The van der Waals surface area contributed by atoms with Gasteiger partial charge in [-0.1, -0.05) is 48.5 Å². The first-order valence-electron chi connectivity index (χ1n) is 9.91. The molecule has 1 unspecified atom stereocenters. The molecule has 0 aliphatic carbocycles. The largest absolute Gasteiger partial charge is 0.422 e. The number of carbonyl (C=O) groups is 1. The minimum Gasteiger partial charge on any atom is -0.422 e. The van der Waals surface area contributed by atoms with Crippen molar-refractivity contribution in [2.24, 2.45) is 0 Å². The van der Waals surface area contributed by atoms with Crippen molar-refractivity contribution in [1.82, 2.24) is 10.2 Å². The van der Waals surface area contributed by atoms with Gasteiger partial charge in [-0.3, -0.25) is 9.69 Å². The molecule has 1 amide bonds. The van der Waals surface area contributed by atoms with E-state index in [0.29, 0.717) is 18.7 Å². The number of benzene rings is 2. The van der Waals surface area contributed by atoms with Crippen LogP contribution in [-0.4, -0.2) is 43.6 Å². The number of nitrogens with one attached hydrogen (secondary N) is 1. The summed E-state index contributed by atoms with van der Waals surface area (Å²) in [6.45, 7) is 3.78. The quantitative estimate of drug-likeness (QED) is 0.516. The van der Waals surface area contributed by atoms with Gasteiger partial charge in [0.05, 0.1) is 12.7 Å². The van der Waals surface area contributed by atoms with Crippen LogP contribution < -0.4 is 10.9 Å². The lowest BCUT2D eigenvalue weighted by molar-refractivity contribution is -0.0301.